The van der Waals surface area contributed by atoms with E-state index in [4.69, 9.17) is 11.6 Å². The number of hydrogen-bond donors (Lipinski definition) is 1. The molecule has 2 rings (SSSR count). The zero-order valence-corrected chi connectivity index (χ0v) is 10.5. The molecule has 1 aromatic carbocycles. The topological polar surface area (TPSA) is 20.2 Å². The number of aliphatic hydroxyl groups is 1. The van der Waals surface area contributed by atoms with E-state index in [0.717, 1.165) is 17.0 Å². The zero-order chi connectivity index (χ0) is 13.3. The maximum Gasteiger partial charge on any atom is 0.194 e. The SMILES string of the molecule is OC(Cc1ccc(Cl)s1)c1cc(F)c(F)c(F)c1. The number of benzene rings is 1. The van der Waals surface area contributed by atoms with E-state index >= 15 is 0 Å². The zero-order valence-electron chi connectivity index (χ0n) is 8.96. The van der Waals surface area contributed by atoms with E-state index < -0.39 is 23.6 Å². The van der Waals surface area contributed by atoms with E-state index in [-0.39, 0.29) is 12.0 Å². The van der Waals surface area contributed by atoms with Gasteiger partial charge in [0.2, 0.25) is 0 Å². The molecule has 1 heterocycles. The van der Waals surface area contributed by atoms with E-state index in [2.05, 4.69) is 0 Å². The number of halogens is 4. The minimum atomic E-state index is -1.54. The van der Waals surface area contributed by atoms with Crippen LogP contribution < -0.4 is 0 Å². The van der Waals surface area contributed by atoms with Gasteiger partial charge in [0, 0.05) is 11.3 Å². The Bertz CT molecular complexity index is 547. The van der Waals surface area contributed by atoms with Crippen molar-refractivity contribution in [3.05, 3.63) is 56.5 Å². The second-order valence-electron chi connectivity index (χ2n) is 3.72. The third-order valence-electron chi connectivity index (χ3n) is 2.41. The number of hydrogen-bond acceptors (Lipinski definition) is 2. The second kappa shape index (κ2) is 5.30. The summed E-state index contributed by atoms with van der Waals surface area (Å²) in [5, 5.41) is 9.83. The van der Waals surface area contributed by atoms with E-state index in [1.54, 1.807) is 12.1 Å². The summed E-state index contributed by atoms with van der Waals surface area (Å²) in [7, 11) is 0. The summed E-state index contributed by atoms with van der Waals surface area (Å²) in [5.41, 5.74) is -0.00378. The summed E-state index contributed by atoms with van der Waals surface area (Å²) < 4.78 is 39.3. The summed E-state index contributed by atoms with van der Waals surface area (Å²) in [6.45, 7) is 0. The van der Waals surface area contributed by atoms with Crippen molar-refractivity contribution in [1.29, 1.82) is 0 Å². The van der Waals surface area contributed by atoms with Crippen molar-refractivity contribution in [3.8, 4) is 0 Å². The molecule has 1 aromatic heterocycles. The fourth-order valence-electron chi connectivity index (χ4n) is 1.54. The molecule has 0 radical (unpaired) electrons. The first-order valence-electron chi connectivity index (χ1n) is 5.04. The molecule has 0 aliphatic heterocycles. The molecule has 1 atom stereocenters. The van der Waals surface area contributed by atoms with E-state index in [9.17, 15) is 18.3 Å². The van der Waals surface area contributed by atoms with Crippen LogP contribution in [0.4, 0.5) is 13.2 Å². The molecule has 0 spiro atoms. The van der Waals surface area contributed by atoms with Crippen LogP contribution in [0, 0.1) is 17.5 Å². The molecule has 0 aliphatic carbocycles. The Morgan fingerprint density at radius 3 is 2.28 bits per heavy atom. The summed E-state index contributed by atoms with van der Waals surface area (Å²) in [6, 6.07) is 4.96. The van der Waals surface area contributed by atoms with Crippen LogP contribution in [0.2, 0.25) is 4.34 Å². The fourth-order valence-corrected chi connectivity index (χ4v) is 2.66. The lowest BCUT2D eigenvalue weighted by Gasteiger charge is -2.10. The molecular weight excluding hydrogens is 285 g/mol. The van der Waals surface area contributed by atoms with Crippen LogP contribution in [0.5, 0.6) is 0 Å². The number of rotatable bonds is 3. The van der Waals surface area contributed by atoms with Crippen LogP contribution in [-0.2, 0) is 6.42 Å². The smallest absolute Gasteiger partial charge is 0.194 e. The molecule has 0 bridgehead atoms. The highest BCUT2D eigenvalue weighted by Crippen LogP contribution is 2.27. The maximum absolute atomic E-state index is 13.0. The van der Waals surface area contributed by atoms with Gasteiger partial charge in [-0.3, -0.25) is 0 Å². The Kier molecular flexibility index (Phi) is 3.94. The monoisotopic (exact) mass is 292 g/mol. The van der Waals surface area contributed by atoms with Crippen molar-refractivity contribution in [2.75, 3.05) is 0 Å². The van der Waals surface area contributed by atoms with Crippen LogP contribution in [0.15, 0.2) is 24.3 Å². The quantitative estimate of drug-likeness (QED) is 0.845. The third kappa shape index (κ3) is 2.85. The Hall–Kier alpha value is -1.04. The standard InChI is InChI=1S/C12H8ClF3OS/c13-11-2-1-7(18-11)5-10(17)6-3-8(14)12(16)9(15)4-6/h1-4,10,17H,5H2. The van der Waals surface area contributed by atoms with Crippen LogP contribution in [0.1, 0.15) is 16.5 Å². The van der Waals surface area contributed by atoms with Gasteiger partial charge in [0.25, 0.3) is 0 Å². The summed E-state index contributed by atoms with van der Waals surface area (Å²) in [6.07, 6.45) is -0.939. The average Bonchev–Trinajstić information content (AvgIpc) is 2.71. The Labute approximate surface area is 110 Å². The summed E-state index contributed by atoms with van der Waals surface area (Å²) in [5.74, 6) is -4.16. The second-order valence-corrected chi connectivity index (χ2v) is 5.52. The lowest BCUT2D eigenvalue weighted by Crippen LogP contribution is -2.03. The van der Waals surface area contributed by atoms with Gasteiger partial charge >= 0.3 is 0 Å². The maximum atomic E-state index is 13.0. The molecule has 18 heavy (non-hydrogen) atoms. The number of aliphatic hydroxyl groups excluding tert-OH is 1. The highest BCUT2D eigenvalue weighted by atomic mass is 35.5. The lowest BCUT2D eigenvalue weighted by atomic mass is 10.1. The molecule has 0 saturated carbocycles. The van der Waals surface area contributed by atoms with Gasteiger partial charge in [-0.15, -0.1) is 11.3 Å². The minimum Gasteiger partial charge on any atom is -0.388 e. The van der Waals surface area contributed by atoms with Crippen molar-refractivity contribution in [2.45, 2.75) is 12.5 Å². The van der Waals surface area contributed by atoms with Gasteiger partial charge in [-0.2, -0.15) is 0 Å². The molecule has 0 amide bonds. The van der Waals surface area contributed by atoms with Gasteiger partial charge in [0.1, 0.15) is 0 Å². The van der Waals surface area contributed by atoms with Crippen LogP contribution in [-0.4, -0.2) is 5.11 Å². The first-order valence-corrected chi connectivity index (χ1v) is 6.23. The molecule has 6 heteroatoms. The van der Waals surface area contributed by atoms with Crippen molar-refractivity contribution >= 4 is 22.9 Å². The van der Waals surface area contributed by atoms with Crippen LogP contribution in [0.25, 0.3) is 0 Å². The normalized spacial score (nSPS) is 12.7. The van der Waals surface area contributed by atoms with Gasteiger partial charge in [-0.25, -0.2) is 13.2 Å². The predicted octanol–water partition coefficient (Wildman–Crippen LogP) is 4.09. The van der Waals surface area contributed by atoms with E-state index in [1.165, 1.54) is 11.3 Å². The Morgan fingerprint density at radius 1 is 1.17 bits per heavy atom. The number of thiophene rings is 1. The molecule has 1 N–H and O–H groups in total. The lowest BCUT2D eigenvalue weighted by molar-refractivity contribution is 0.178. The minimum absolute atomic E-state index is 0.00378. The highest BCUT2D eigenvalue weighted by Gasteiger charge is 2.16. The van der Waals surface area contributed by atoms with Gasteiger partial charge in [0.15, 0.2) is 17.5 Å². The van der Waals surface area contributed by atoms with Crippen molar-refractivity contribution in [1.82, 2.24) is 0 Å². The summed E-state index contributed by atoms with van der Waals surface area (Å²) >= 11 is 6.99. The highest BCUT2D eigenvalue weighted by molar-refractivity contribution is 7.16. The first-order chi connectivity index (χ1) is 8.47. The van der Waals surface area contributed by atoms with Crippen molar-refractivity contribution < 1.29 is 18.3 Å². The predicted molar refractivity (Wildman–Crippen MR) is 64.3 cm³/mol. The van der Waals surface area contributed by atoms with Crippen LogP contribution >= 0.6 is 22.9 Å². The molecule has 1 nitrogen and oxygen atoms in total. The molecule has 0 saturated heterocycles. The largest absolute Gasteiger partial charge is 0.388 e. The van der Waals surface area contributed by atoms with E-state index in [1.807, 2.05) is 0 Å². The molecule has 1 unspecified atom stereocenters. The Morgan fingerprint density at radius 2 is 1.78 bits per heavy atom. The molecule has 0 fully saturated rings. The van der Waals surface area contributed by atoms with Crippen molar-refractivity contribution in [2.24, 2.45) is 0 Å². The first kappa shape index (κ1) is 13.4. The van der Waals surface area contributed by atoms with Crippen LogP contribution in [0.3, 0.4) is 0 Å². The van der Waals surface area contributed by atoms with Gasteiger partial charge in [-0.05, 0) is 29.8 Å². The Balaban J connectivity index is 2.21. The molecule has 0 aliphatic rings. The van der Waals surface area contributed by atoms with Gasteiger partial charge in [0.05, 0.1) is 10.4 Å². The molecule has 2 aromatic rings. The van der Waals surface area contributed by atoms with Crippen molar-refractivity contribution in [3.63, 3.8) is 0 Å². The van der Waals surface area contributed by atoms with Gasteiger partial charge < -0.3 is 5.11 Å². The average molecular weight is 293 g/mol. The van der Waals surface area contributed by atoms with Gasteiger partial charge in [-0.1, -0.05) is 11.6 Å². The van der Waals surface area contributed by atoms with E-state index in [0.29, 0.717) is 4.34 Å². The molecular formula is C12H8ClF3OS. The fraction of sp³-hybridized carbons (Fsp3) is 0.167. The molecule has 96 valence electrons. The third-order valence-corrected chi connectivity index (χ3v) is 3.67. The summed E-state index contributed by atoms with van der Waals surface area (Å²) in [4.78, 5) is 0.776.